The first-order chi connectivity index (χ1) is 9.19. The summed E-state index contributed by atoms with van der Waals surface area (Å²) in [6.45, 7) is 9.23. The third kappa shape index (κ3) is 4.28. The molecule has 1 amide bonds. The zero-order chi connectivity index (χ0) is 13.7. The number of carbonyl (C=O) groups is 2. The number of nitrogens with zero attached hydrogens (tertiary/aromatic N) is 3. The zero-order valence-corrected chi connectivity index (χ0v) is 11.9. The molecule has 0 spiro atoms. The van der Waals surface area contributed by atoms with Crippen LogP contribution in [0.3, 0.4) is 0 Å². The predicted molar refractivity (Wildman–Crippen MR) is 74.0 cm³/mol. The highest BCUT2D eigenvalue weighted by Crippen LogP contribution is 2.08. The smallest absolute Gasteiger partial charge is 0.236 e. The maximum Gasteiger partial charge on any atom is 0.236 e. The van der Waals surface area contributed by atoms with Crippen molar-refractivity contribution in [3.63, 3.8) is 0 Å². The summed E-state index contributed by atoms with van der Waals surface area (Å²) in [5.41, 5.74) is 0. The van der Waals surface area contributed by atoms with E-state index in [2.05, 4.69) is 16.7 Å². The van der Waals surface area contributed by atoms with E-state index in [1.807, 2.05) is 4.90 Å². The minimum atomic E-state index is 0.191. The normalized spacial score (nSPS) is 22.8. The van der Waals surface area contributed by atoms with Crippen molar-refractivity contribution in [1.82, 2.24) is 14.7 Å². The van der Waals surface area contributed by atoms with Crippen molar-refractivity contribution in [2.45, 2.75) is 26.2 Å². The SMILES string of the molecule is CCCN1CCN(CC(=O)N2CCC(=O)CC2)CC1. The summed E-state index contributed by atoms with van der Waals surface area (Å²) in [6, 6.07) is 0. The molecule has 0 radical (unpaired) electrons. The predicted octanol–water partition coefficient (Wildman–Crippen LogP) is 0.206. The molecule has 2 rings (SSSR count). The van der Waals surface area contributed by atoms with Gasteiger partial charge in [-0.3, -0.25) is 14.5 Å². The lowest BCUT2D eigenvalue weighted by atomic mass is 10.1. The van der Waals surface area contributed by atoms with Gasteiger partial charge in [-0.05, 0) is 13.0 Å². The quantitative estimate of drug-likeness (QED) is 0.730. The van der Waals surface area contributed by atoms with Crippen LogP contribution in [0, 0.1) is 0 Å². The summed E-state index contributed by atoms with van der Waals surface area (Å²) in [5.74, 6) is 0.480. The number of piperazine rings is 1. The average molecular weight is 267 g/mol. The van der Waals surface area contributed by atoms with Gasteiger partial charge in [-0.15, -0.1) is 0 Å². The third-order valence-corrected chi connectivity index (χ3v) is 4.04. The summed E-state index contributed by atoms with van der Waals surface area (Å²) in [4.78, 5) is 29.9. The zero-order valence-electron chi connectivity index (χ0n) is 11.9. The summed E-state index contributed by atoms with van der Waals surface area (Å²) < 4.78 is 0. The van der Waals surface area contributed by atoms with E-state index in [1.54, 1.807) is 0 Å². The van der Waals surface area contributed by atoms with Gasteiger partial charge < -0.3 is 9.80 Å². The molecule has 2 fully saturated rings. The van der Waals surface area contributed by atoms with Crippen molar-refractivity contribution >= 4 is 11.7 Å². The molecule has 0 bridgehead atoms. The van der Waals surface area contributed by atoms with Gasteiger partial charge in [-0.25, -0.2) is 0 Å². The average Bonchev–Trinajstić information content (AvgIpc) is 2.42. The lowest BCUT2D eigenvalue weighted by Crippen LogP contribution is -2.51. The highest BCUT2D eigenvalue weighted by Gasteiger charge is 2.24. The van der Waals surface area contributed by atoms with Gasteiger partial charge in [0.05, 0.1) is 6.54 Å². The van der Waals surface area contributed by atoms with Gasteiger partial charge in [0, 0.05) is 52.1 Å². The lowest BCUT2D eigenvalue weighted by Gasteiger charge is -2.35. The molecule has 5 nitrogen and oxygen atoms in total. The molecule has 0 aromatic rings. The van der Waals surface area contributed by atoms with Crippen LogP contribution in [0.25, 0.3) is 0 Å². The van der Waals surface area contributed by atoms with Crippen molar-refractivity contribution < 1.29 is 9.59 Å². The number of ketones is 1. The fourth-order valence-corrected chi connectivity index (χ4v) is 2.78. The fourth-order valence-electron chi connectivity index (χ4n) is 2.78. The third-order valence-electron chi connectivity index (χ3n) is 4.04. The second-order valence-corrected chi connectivity index (χ2v) is 5.54. The number of Topliss-reactive ketones (excluding diaryl/α,β-unsaturated/α-hetero) is 1. The van der Waals surface area contributed by atoms with E-state index in [-0.39, 0.29) is 11.7 Å². The van der Waals surface area contributed by atoms with Gasteiger partial charge in [-0.1, -0.05) is 6.92 Å². The number of hydrogen-bond donors (Lipinski definition) is 0. The Morgan fingerprint density at radius 2 is 1.58 bits per heavy atom. The fraction of sp³-hybridized carbons (Fsp3) is 0.857. The molecular formula is C14H25N3O2. The Morgan fingerprint density at radius 3 is 2.16 bits per heavy atom. The van der Waals surface area contributed by atoms with Gasteiger partial charge in [0.25, 0.3) is 0 Å². The maximum atomic E-state index is 12.1. The molecule has 5 heteroatoms. The Hall–Kier alpha value is -0.940. The topological polar surface area (TPSA) is 43.9 Å². The van der Waals surface area contributed by atoms with Crippen LogP contribution in [0.2, 0.25) is 0 Å². The molecule has 2 heterocycles. The van der Waals surface area contributed by atoms with Crippen LogP contribution in [0.5, 0.6) is 0 Å². The van der Waals surface area contributed by atoms with Crippen LogP contribution in [-0.4, -0.2) is 78.7 Å². The summed E-state index contributed by atoms with van der Waals surface area (Å²) in [6.07, 6.45) is 2.27. The largest absolute Gasteiger partial charge is 0.341 e. The monoisotopic (exact) mass is 267 g/mol. The first-order valence-corrected chi connectivity index (χ1v) is 7.43. The molecule has 0 aromatic carbocycles. The van der Waals surface area contributed by atoms with E-state index in [4.69, 9.17) is 0 Å². The van der Waals surface area contributed by atoms with E-state index in [1.165, 1.54) is 6.42 Å². The van der Waals surface area contributed by atoms with Crippen molar-refractivity contribution in [2.24, 2.45) is 0 Å². The Balaban J connectivity index is 1.70. The number of piperidine rings is 1. The molecule has 0 saturated carbocycles. The van der Waals surface area contributed by atoms with Crippen LogP contribution in [0.4, 0.5) is 0 Å². The second-order valence-electron chi connectivity index (χ2n) is 5.54. The van der Waals surface area contributed by atoms with Gasteiger partial charge in [0.1, 0.15) is 5.78 Å². The molecule has 2 aliphatic heterocycles. The number of rotatable bonds is 4. The first-order valence-electron chi connectivity index (χ1n) is 7.43. The van der Waals surface area contributed by atoms with Crippen molar-refractivity contribution in [1.29, 1.82) is 0 Å². The molecule has 0 N–H and O–H groups in total. The van der Waals surface area contributed by atoms with Crippen molar-refractivity contribution in [3.8, 4) is 0 Å². The molecule has 2 saturated heterocycles. The minimum Gasteiger partial charge on any atom is -0.341 e. The molecule has 0 aromatic heterocycles. The highest BCUT2D eigenvalue weighted by atomic mass is 16.2. The number of hydrogen-bond acceptors (Lipinski definition) is 4. The van der Waals surface area contributed by atoms with Gasteiger partial charge in [-0.2, -0.15) is 0 Å². The number of carbonyl (C=O) groups excluding carboxylic acids is 2. The summed E-state index contributed by atoms with van der Waals surface area (Å²) >= 11 is 0. The van der Waals surface area contributed by atoms with Gasteiger partial charge in [0.2, 0.25) is 5.91 Å². The minimum absolute atomic E-state index is 0.191. The Kier molecular flexibility index (Phi) is 5.34. The van der Waals surface area contributed by atoms with Crippen LogP contribution < -0.4 is 0 Å². The van der Waals surface area contributed by atoms with E-state index in [0.717, 1.165) is 32.7 Å². The van der Waals surface area contributed by atoms with Crippen LogP contribution in [-0.2, 0) is 9.59 Å². The molecule has 2 aliphatic rings. The lowest BCUT2D eigenvalue weighted by molar-refractivity contribution is -0.135. The first kappa shape index (κ1) is 14.5. The van der Waals surface area contributed by atoms with Gasteiger partial charge in [0.15, 0.2) is 0 Å². The van der Waals surface area contributed by atoms with Crippen molar-refractivity contribution in [3.05, 3.63) is 0 Å². The molecule has 108 valence electrons. The van der Waals surface area contributed by atoms with E-state index < -0.39 is 0 Å². The second kappa shape index (κ2) is 7.01. The number of amides is 1. The summed E-state index contributed by atoms with van der Waals surface area (Å²) in [7, 11) is 0. The van der Waals surface area contributed by atoms with E-state index in [0.29, 0.717) is 32.5 Å². The maximum absolute atomic E-state index is 12.1. The Labute approximate surface area is 115 Å². The van der Waals surface area contributed by atoms with E-state index >= 15 is 0 Å². The molecule has 0 unspecified atom stereocenters. The number of likely N-dealkylation sites (tertiary alicyclic amines) is 1. The Morgan fingerprint density at radius 1 is 1.00 bits per heavy atom. The standard InChI is InChI=1S/C14H25N3O2/c1-2-5-15-8-10-16(11-9-15)12-14(19)17-6-3-13(18)4-7-17/h2-12H2,1H3. The van der Waals surface area contributed by atoms with Crippen LogP contribution >= 0.6 is 0 Å². The Bertz CT molecular complexity index is 315. The highest BCUT2D eigenvalue weighted by molar-refractivity contribution is 5.84. The van der Waals surface area contributed by atoms with E-state index in [9.17, 15) is 9.59 Å². The van der Waals surface area contributed by atoms with Crippen LogP contribution in [0.15, 0.2) is 0 Å². The molecular weight excluding hydrogens is 242 g/mol. The van der Waals surface area contributed by atoms with Crippen molar-refractivity contribution in [2.75, 3.05) is 52.4 Å². The molecule has 0 atom stereocenters. The summed E-state index contributed by atoms with van der Waals surface area (Å²) in [5, 5.41) is 0. The molecule has 0 aliphatic carbocycles. The van der Waals surface area contributed by atoms with Gasteiger partial charge >= 0.3 is 0 Å². The molecule has 19 heavy (non-hydrogen) atoms. The van der Waals surface area contributed by atoms with Crippen LogP contribution in [0.1, 0.15) is 26.2 Å².